The molecule has 0 radical (unpaired) electrons. The number of nitrogens with one attached hydrogen (secondary N) is 1. The topological polar surface area (TPSA) is 44.7 Å². The molecule has 26 heavy (non-hydrogen) atoms. The summed E-state index contributed by atoms with van der Waals surface area (Å²) in [5.74, 6) is -0.0715. The smallest absolute Gasteiger partial charge is 0.123 e. The number of benzene rings is 1. The van der Waals surface area contributed by atoms with Crippen molar-refractivity contribution in [1.82, 2.24) is 10.4 Å². The van der Waals surface area contributed by atoms with Crippen molar-refractivity contribution in [1.29, 1.82) is 0 Å². The zero-order chi connectivity index (χ0) is 18.7. The second kappa shape index (κ2) is 8.82. The normalized spacial score (nSPS) is 30.8. The van der Waals surface area contributed by atoms with Gasteiger partial charge in [-0.2, -0.15) is 0 Å². The highest BCUT2D eigenvalue weighted by Gasteiger charge is 2.49. The van der Waals surface area contributed by atoms with Crippen molar-refractivity contribution >= 4 is 22.6 Å². The summed E-state index contributed by atoms with van der Waals surface area (Å²) in [7, 11) is 1.61. The van der Waals surface area contributed by atoms with Gasteiger partial charge < -0.3 is 5.11 Å². The molecule has 1 aromatic carbocycles. The average Bonchev–Trinajstić information content (AvgIpc) is 2.85. The van der Waals surface area contributed by atoms with Crippen molar-refractivity contribution in [2.45, 2.75) is 50.3 Å². The van der Waals surface area contributed by atoms with E-state index < -0.39 is 6.10 Å². The Balaban J connectivity index is 2.06. The maximum absolute atomic E-state index is 13.4. The van der Waals surface area contributed by atoms with Crippen molar-refractivity contribution in [2.24, 2.45) is 0 Å². The number of rotatable bonds is 6. The second-order valence-corrected chi connectivity index (χ2v) is 7.61. The lowest BCUT2D eigenvalue weighted by Gasteiger charge is -2.42. The summed E-state index contributed by atoms with van der Waals surface area (Å²) in [5.41, 5.74) is 6.32. The molecule has 2 aliphatic heterocycles. The van der Waals surface area contributed by atoms with Crippen molar-refractivity contribution in [3.63, 3.8) is 0 Å². The number of halogens is 2. The Morgan fingerprint density at radius 1 is 1.38 bits per heavy atom. The third kappa shape index (κ3) is 3.83. The molecule has 2 bridgehead atoms. The first kappa shape index (κ1) is 19.8. The highest BCUT2D eigenvalue weighted by atomic mass is 127. The van der Waals surface area contributed by atoms with E-state index >= 15 is 0 Å². The van der Waals surface area contributed by atoms with E-state index in [4.69, 9.17) is 4.84 Å². The van der Waals surface area contributed by atoms with Gasteiger partial charge >= 0.3 is 0 Å². The fourth-order valence-corrected chi connectivity index (χ4v) is 4.72. The van der Waals surface area contributed by atoms with Crippen molar-refractivity contribution in [3.8, 4) is 0 Å². The van der Waals surface area contributed by atoms with Crippen LogP contribution in [0.1, 0.15) is 37.7 Å². The molecule has 6 heteroatoms. The van der Waals surface area contributed by atoms with E-state index in [9.17, 15) is 9.50 Å². The molecule has 2 unspecified atom stereocenters. The van der Waals surface area contributed by atoms with E-state index in [0.717, 1.165) is 37.1 Å². The SMILES string of the molecule is CCC(NOC)=C1C2[C@H](O)CC(C[C@@H]1c1ccc(F)cc1)N2CC=CI. The number of allylic oxidation sites excluding steroid dienone is 1. The molecule has 2 saturated heterocycles. The molecule has 2 heterocycles. The molecule has 2 aliphatic rings. The van der Waals surface area contributed by atoms with E-state index in [1.165, 1.54) is 17.7 Å². The van der Waals surface area contributed by atoms with Gasteiger partial charge in [0.2, 0.25) is 0 Å². The molecule has 2 fully saturated rings. The largest absolute Gasteiger partial charge is 0.391 e. The highest BCUT2D eigenvalue weighted by molar-refractivity contribution is 14.1. The van der Waals surface area contributed by atoms with Gasteiger partial charge in [-0.25, -0.2) is 4.39 Å². The zero-order valence-electron chi connectivity index (χ0n) is 15.2. The van der Waals surface area contributed by atoms with E-state index in [1.54, 1.807) is 7.11 Å². The number of aliphatic hydroxyl groups is 1. The predicted molar refractivity (Wildman–Crippen MR) is 109 cm³/mol. The van der Waals surface area contributed by atoms with Crippen LogP contribution in [0, 0.1) is 5.82 Å². The minimum Gasteiger partial charge on any atom is -0.391 e. The molecular weight excluding hydrogens is 446 g/mol. The number of piperidine rings is 1. The number of nitrogens with zero attached hydrogens (tertiary/aromatic N) is 1. The van der Waals surface area contributed by atoms with Crippen LogP contribution >= 0.6 is 22.6 Å². The first-order valence-corrected chi connectivity index (χ1v) is 10.3. The molecule has 0 aliphatic carbocycles. The Bertz CT molecular complexity index is 677. The lowest BCUT2D eigenvalue weighted by molar-refractivity contribution is 0.0976. The minimum atomic E-state index is -0.400. The quantitative estimate of drug-likeness (QED) is 0.488. The second-order valence-electron chi connectivity index (χ2n) is 6.89. The maximum atomic E-state index is 13.4. The standard InChI is InChI=1S/C20H26FIN2O2/c1-3-17(23-26-2)19-16(13-5-7-14(21)8-6-13)11-15-12-18(25)20(19)24(15)10-4-9-22/h4-9,15-16,18,20,23,25H,3,10-12H2,1-2H3/t15?,16-,18-,20?/m1/s1. The lowest BCUT2D eigenvalue weighted by Crippen LogP contribution is -2.47. The summed E-state index contributed by atoms with van der Waals surface area (Å²) in [6.45, 7) is 2.90. The molecule has 2 N–H and O–H groups in total. The summed E-state index contributed by atoms with van der Waals surface area (Å²) < 4.78 is 15.4. The first-order chi connectivity index (χ1) is 12.6. The fraction of sp³-hybridized carbons (Fsp3) is 0.500. The molecule has 0 amide bonds. The molecule has 4 atom stereocenters. The third-order valence-corrected chi connectivity index (χ3v) is 6.02. The van der Waals surface area contributed by atoms with Gasteiger partial charge in [0.05, 0.1) is 19.3 Å². The number of hydroxylamine groups is 1. The van der Waals surface area contributed by atoms with Crippen LogP contribution in [0.2, 0.25) is 0 Å². The summed E-state index contributed by atoms with van der Waals surface area (Å²) in [6, 6.07) is 7.05. The molecule has 4 nitrogen and oxygen atoms in total. The molecule has 0 saturated carbocycles. The highest BCUT2D eigenvalue weighted by Crippen LogP contribution is 2.48. The minimum absolute atomic E-state index is 0.0472. The van der Waals surface area contributed by atoms with Crippen LogP contribution in [0.4, 0.5) is 4.39 Å². The van der Waals surface area contributed by atoms with Gasteiger partial charge in [0, 0.05) is 24.2 Å². The van der Waals surface area contributed by atoms with Gasteiger partial charge in [-0.15, -0.1) is 0 Å². The predicted octanol–water partition coefficient (Wildman–Crippen LogP) is 3.88. The lowest BCUT2D eigenvalue weighted by atomic mass is 9.79. The van der Waals surface area contributed by atoms with Gasteiger partial charge in [0.1, 0.15) is 5.82 Å². The van der Waals surface area contributed by atoms with Gasteiger partial charge in [-0.05, 0) is 46.6 Å². The number of aliphatic hydroxyl groups excluding tert-OH is 1. The summed E-state index contributed by atoms with van der Waals surface area (Å²) in [4.78, 5) is 7.62. The Labute approximate surface area is 168 Å². The van der Waals surface area contributed by atoms with Gasteiger partial charge in [0.25, 0.3) is 0 Å². The zero-order valence-corrected chi connectivity index (χ0v) is 17.3. The van der Waals surface area contributed by atoms with E-state index in [2.05, 4.69) is 46.0 Å². The first-order valence-electron chi connectivity index (χ1n) is 9.07. The van der Waals surface area contributed by atoms with E-state index in [-0.39, 0.29) is 17.8 Å². The molecule has 0 spiro atoms. The average molecular weight is 472 g/mol. The van der Waals surface area contributed by atoms with Crippen LogP contribution in [0.15, 0.2) is 45.7 Å². The van der Waals surface area contributed by atoms with E-state index in [1.807, 2.05) is 16.2 Å². The van der Waals surface area contributed by atoms with Gasteiger partial charge in [-0.3, -0.25) is 15.2 Å². The fourth-order valence-electron chi connectivity index (χ4n) is 4.50. The summed E-state index contributed by atoms with van der Waals surface area (Å²) in [6.07, 6.45) is 4.20. The van der Waals surface area contributed by atoms with E-state index in [0.29, 0.717) is 6.04 Å². The Morgan fingerprint density at radius 2 is 2.12 bits per heavy atom. The number of hydrogen-bond donors (Lipinski definition) is 2. The van der Waals surface area contributed by atoms with Crippen molar-refractivity contribution < 1.29 is 14.3 Å². The Hall–Kier alpha value is -0.960. The molecule has 1 aromatic rings. The Kier molecular flexibility index (Phi) is 6.71. The van der Waals surface area contributed by atoms with Crippen molar-refractivity contribution in [3.05, 3.63) is 57.1 Å². The van der Waals surface area contributed by atoms with Crippen LogP contribution < -0.4 is 5.48 Å². The third-order valence-electron chi connectivity index (χ3n) is 5.51. The molecule has 142 valence electrons. The maximum Gasteiger partial charge on any atom is 0.123 e. The number of hydrogen-bond acceptors (Lipinski definition) is 4. The molecule has 3 rings (SSSR count). The van der Waals surface area contributed by atoms with Crippen LogP contribution in [0.3, 0.4) is 0 Å². The monoisotopic (exact) mass is 472 g/mol. The van der Waals surface area contributed by atoms with Crippen LogP contribution in [0.5, 0.6) is 0 Å². The molecular formula is C20H26FIN2O2. The van der Waals surface area contributed by atoms with Gasteiger partial charge in [0.15, 0.2) is 0 Å². The molecule has 0 aromatic heterocycles. The van der Waals surface area contributed by atoms with Crippen LogP contribution in [-0.4, -0.2) is 41.8 Å². The summed E-state index contributed by atoms with van der Waals surface area (Å²) >= 11 is 2.23. The van der Waals surface area contributed by atoms with Crippen LogP contribution in [-0.2, 0) is 4.84 Å². The summed E-state index contributed by atoms with van der Waals surface area (Å²) in [5, 5.41) is 10.8. The van der Waals surface area contributed by atoms with Crippen molar-refractivity contribution in [2.75, 3.05) is 13.7 Å². The van der Waals surface area contributed by atoms with Gasteiger partial charge in [-0.1, -0.05) is 47.7 Å². The Morgan fingerprint density at radius 3 is 2.73 bits per heavy atom. The van der Waals surface area contributed by atoms with Crippen LogP contribution in [0.25, 0.3) is 0 Å². The number of fused-ring (bicyclic) bond motifs is 2.